The van der Waals surface area contributed by atoms with Gasteiger partial charge in [-0.15, -0.1) is 11.8 Å². The average Bonchev–Trinajstić information content (AvgIpc) is 2.27. The largest absolute Gasteiger partial charge is 0.484 e. The van der Waals surface area contributed by atoms with Gasteiger partial charge in [0.25, 0.3) is 5.69 Å². The van der Waals surface area contributed by atoms with Crippen LogP contribution < -0.4 is 4.74 Å². The molecule has 0 saturated heterocycles. The monoisotopic (exact) mass is 224 g/mol. The van der Waals surface area contributed by atoms with Crippen molar-refractivity contribution in [3.63, 3.8) is 0 Å². The number of thioether (sulfide) groups is 1. The summed E-state index contributed by atoms with van der Waals surface area (Å²) in [4.78, 5) is 14.4. The van der Waals surface area contributed by atoms with Gasteiger partial charge in [-0.3, -0.25) is 10.1 Å². The lowest BCUT2D eigenvalue weighted by Gasteiger charge is -2.14. The lowest BCUT2D eigenvalue weighted by atomic mass is 10.2. The minimum Gasteiger partial charge on any atom is -0.484 e. The lowest BCUT2D eigenvalue weighted by Crippen LogP contribution is -2.11. The summed E-state index contributed by atoms with van der Waals surface area (Å²) in [7, 11) is 0. The minimum absolute atomic E-state index is 0.0310. The molecule has 0 amide bonds. The van der Waals surface area contributed by atoms with Crippen molar-refractivity contribution in [3.8, 4) is 5.75 Å². The molecular formula is C9H8N2O3S. The quantitative estimate of drug-likeness (QED) is 0.542. The Morgan fingerprint density at radius 2 is 2.40 bits per heavy atom. The molecule has 6 heteroatoms. The van der Waals surface area contributed by atoms with Gasteiger partial charge in [0.2, 0.25) is 0 Å². The van der Waals surface area contributed by atoms with Crippen molar-refractivity contribution in [1.29, 1.82) is 0 Å². The van der Waals surface area contributed by atoms with Gasteiger partial charge in [0.05, 0.1) is 4.92 Å². The maximum atomic E-state index is 10.5. The topological polar surface area (TPSA) is 64.7 Å². The Balaban J connectivity index is 2.44. The second kappa shape index (κ2) is 3.90. The van der Waals surface area contributed by atoms with Crippen LogP contribution >= 0.6 is 11.8 Å². The summed E-state index contributed by atoms with van der Waals surface area (Å²) in [6.07, 6.45) is 1.89. The van der Waals surface area contributed by atoms with Crippen LogP contribution in [0.5, 0.6) is 5.75 Å². The molecule has 1 aromatic carbocycles. The highest BCUT2D eigenvalue weighted by atomic mass is 32.2. The third-order valence-electron chi connectivity index (χ3n) is 1.99. The van der Waals surface area contributed by atoms with Crippen molar-refractivity contribution in [2.24, 2.45) is 4.99 Å². The molecule has 1 aliphatic heterocycles. The molecule has 0 saturated carbocycles. The molecule has 15 heavy (non-hydrogen) atoms. The van der Waals surface area contributed by atoms with Gasteiger partial charge < -0.3 is 4.74 Å². The molecular weight excluding hydrogens is 216 g/mol. The molecule has 0 bridgehead atoms. The van der Waals surface area contributed by atoms with Gasteiger partial charge >= 0.3 is 0 Å². The number of ether oxygens (including phenoxy) is 1. The van der Waals surface area contributed by atoms with E-state index in [0.717, 1.165) is 5.04 Å². The van der Waals surface area contributed by atoms with Crippen molar-refractivity contribution in [2.75, 3.05) is 12.9 Å². The fourth-order valence-corrected chi connectivity index (χ4v) is 1.61. The predicted octanol–water partition coefficient (Wildman–Crippen LogP) is 2.38. The molecule has 0 N–H and O–H groups in total. The Kier molecular flexibility index (Phi) is 2.59. The number of aliphatic imine (C=N–C) groups is 1. The number of hydrogen-bond donors (Lipinski definition) is 0. The molecule has 1 aromatic rings. The van der Waals surface area contributed by atoms with Crippen molar-refractivity contribution in [3.05, 3.63) is 28.3 Å². The van der Waals surface area contributed by atoms with E-state index in [1.54, 1.807) is 6.07 Å². The Bertz CT molecular complexity index is 445. The standard InChI is InChI=1S/C9H8N2O3S/c1-15-9-5-14-8-3-2-6(11(12)13)4-7(8)10-9/h2-4H,5H2,1H3. The van der Waals surface area contributed by atoms with Gasteiger partial charge in [-0.05, 0) is 12.3 Å². The van der Waals surface area contributed by atoms with E-state index >= 15 is 0 Å². The summed E-state index contributed by atoms with van der Waals surface area (Å²) >= 11 is 1.48. The van der Waals surface area contributed by atoms with Crippen molar-refractivity contribution < 1.29 is 9.66 Å². The Hall–Kier alpha value is -1.56. The van der Waals surface area contributed by atoms with Crippen LogP contribution in [0.3, 0.4) is 0 Å². The third-order valence-corrected chi connectivity index (χ3v) is 2.67. The van der Waals surface area contributed by atoms with Crippen LogP contribution in [0, 0.1) is 10.1 Å². The fourth-order valence-electron chi connectivity index (χ4n) is 1.24. The van der Waals surface area contributed by atoms with Crippen molar-refractivity contribution in [1.82, 2.24) is 0 Å². The van der Waals surface area contributed by atoms with Crippen LogP contribution in [0.15, 0.2) is 23.2 Å². The first-order valence-electron chi connectivity index (χ1n) is 4.23. The Morgan fingerprint density at radius 3 is 3.07 bits per heavy atom. The first kappa shape index (κ1) is 9.97. The van der Waals surface area contributed by atoms with Crippen LogP contribution in [0.4, 0.5) is 11.4 Å². The van der Waals surface area contributed by atoms with Crippen LogP contribution in [0.2, 0.25) is 0 Å². The molecule has 0 fully saturated rings. The number of hydrogen-bond acceptors (Lipinski definition) is 5. The van der Waals surface area contributed by atoms with E-state index in [4.69, 9.17) is 4.74 Å². The van der Waals surface area contributed by atoms with Crippen LogP contribution in [0.25, 0.3) is 0 Å². The summed E-state index contributed by atoms with van der Waals surface area (Å²) in [6, 6.07) is 4.41. The number of rotatable bonds is 1. The number of non-ortho nitro benzene ring substituents is 1. The Morgan fingerprint density at radius 1 is 1.60 bits per heavy atom. The van der Waals surface area contributed by atoms with E-state index in [9.17, 15) is 10.1 Å². The normalized spacial score (nSPS) is 13.8. The molecule has 0 spiro atoms. The zero-order chi connectivity index (χ0) is 10.8. The summed E-state index contributed by atoms with van der Waals surface area (Å²) in [5, 5.41) is 11.4. The van der Waals surface area contributed by atoms with Gasteiger partial charge in [0, 0.05) is 12.1 Å². The minimum atomic E-state index is -0.441. The SMILES string of the molecule is CSC1=Nc2cc([N+](=O)[O-])ccc2OC1. The molecule has 0 aliphatic carbocycles. The van der Waals surface area contributed by atoms with Crippen molar-refractivity contribution in [2.45, 2.75) is 0 Å². The molecule has 0 atom stereocenters. The maximum absolute atomic E-state index is 10.5. The van der Waals surface area contributed by atoms with Gasteiger partial charge in [-0.25, -0.2) is 4.99 Å². The summed E-state index contributed by atoms with van der Waals surface area (Å²) in [6.45, 7) is 0.436. The number of benzene rings is 1. The number of nitro benzene ring substituents is 1. The van der Waals surface area contributed by atoms with E-state index in [0.29, 0.717) is 18.0 Å². The summed E-state index contributed by atoms with van der Waals surface area (Å²) in [5.41, 5.74) is 0.559. The van der Waals surface area contributed by atoms with Gasteiger partial charge in [-0.2, -0.15) is 0 Å². The molecule has 5 nitrogen and oxygen atoms in total. The van der Waals surface area contributed by atoms with Crippen LogP contribution in [0.1, 0.15) is 0 Å². The maximum Gasteiger partial charge on any atom is 0.271 e. The molecule has 0 radical (unpaired) electrons. The van der Waals surface area contributed by atoms with Crippen molar-refractivity contribution >= 4 is 28.2 Å². The highest BCUT2D eigenvalue weighted by Gasteiger charge is 2.16. The highest BCUT2D eigenvalue weighted by Crippen LogP contribution is 2.34. The molecule has 1 aliphatic rings. The Labute approximate surface area is 90.3 Å². The van der Waals surface area contributed by atoms with Gasteiger partial charge in [-0.1, -0.05) is 0 Å². The van der Waals surface area contributed by atoms with E-state index < -0.39 is 4.92 Å². The first-order valence-corrected chi connectivity index (χ1v) is 5.46. The second-order valence-corrected chi connectivity index (χ2v) is 3.79. The summed E-state index contributed by atoms with van der Waals surface area (Å²) in [5.74, 6) is 0.596. The summed E-state index contributed by atoms with van der Waals surface area (Å²) < 4.78 is 5.39. The lowest BCUT2D eigenvalue weighted by molar-refractivity contribution is -0.384. The number of nitro groups is 1. The molecule has 0 aromatic heterocycles. The molecule has 1 heterocycles. The third kappa shape index (κ3) is 1.94. The highest BCUT2D eigenvalue weighted by molar-refractivity contribution is 8.13. The van der Waals surface area contributed by atoms with E-state index in [1.807, 2.05) is 6.26 Å². The van der Waals surface area contributed by atoms with E-state index in [2.05, 4.69) is 4.99 Å². The zero-order valence-electron chi connectivity index (χ0n) is 7.97. The van der Waals surface area contributed by atoms with Gasteiger partial charge in [0.15, 0.2) is 0 Å². The smallest absolute Gasteiger partial charge is 0.271 e. The predicted molar refractivity (Wildman–Crippen MR) is 59.2 cm³/mol. The number of fused-ring (bicyclic) bond motifs is 1. The van der Waals surface area contributed by atoms with Crippen LogP contribution in [-0.2, 0) is 0 Å². The fraction of sp³-hybridized carbons (Fsp3) is 0.222. The first-order chi connectivity index (χ1) is 7.20. The van der Waals surface area contributed by atoms with Crippen LogP contribution in [-0.4, -0.2) is 22.8 Å². The molecule has 0 unspecified atom stereocenters. The zero-order valence-corrected chi connectivity index (χ0v) is 8.78. The van der Waals surface area contributed by atoms with E-state index in [-0.39, 0.29) is 5.69 Å². The van der Waals surface area contributed by atoms with Gasteiger partial charge in [0.1, 0.15) is 23.1 Å². The number of nitrogens with zero attached hydrogens (tertiary/aromatic N) is 2. The second-order valence-electron chi connectivity index (χ2n) is 2.91. The molecule has 78 valence electrons. The van der Waals surface area contributed by atoms with E-state index in [1.165, 1.54) is 23.9 Å². The average molecular weight is 224 g/mol. The molecule has 2 rings (SSSR count).